The van der Waals surface area contributed by atoms with E-state index < -0.39 is 10.0 Å². The van der Waals surface area contributed by atoms with Crippen LogP contribution in [0.1, 0.15) is 25.0 Å². The molecule has 2 aliphatic rings. The highest BCUT2D eigenvalue weighted by atomic mass is 32.2. The summed E-state index contributed by atoms with van der Waals surface area (Å²) in [7, 11) is -3.67. The van der Waals surface area contributed by atoms with Gasteiger partial charge in [-0.3, -0.25) is 9.78 Å². The summed E-state index contributed by atoms with van der Waals surface area (Å²) in [6, 6.07) is 10.5. The summed E-state index contributed by atoms with van der Waals surface area (Å²) in [5.41, 5.74) is 2.00. The average Bonchev–Trinajstić information content (AvgIpc) is 2.84. The molecule has 0 bridgehead atoms. The van der Waals surface area contributed by atoms with Crippen LogP contribution in [0.5, 0.6) is 0 Å². The first-order chi connectivity index (χ1) is 15.5. The fourth-order valence-electron chi connectivity index (χ4n) is 3.93. The predicted octanol–water partition coefficient (Wildman–Crippen LogP) is 2.74. The number of carbonyl (C=O) groups is 1. The highest BCUT2D eigenvalue weighted by molar-refractivity contribution is 7.89. The molecule has 32 heavy (non-hydrogen) atoms. The summed E-state index contributed by atoms with van der Waals surface area (Å²) in [6.07, 6.45) is 8.01. The number of morpholine rings is 1. The van der Waals surface area contributed by atoms with E-state index in [1.807, 2.05) is 12.1 Å². The Morgan fingerprint density at radius 2 is 1.81 bits per heavy atom. The minimum Gasteiger partial charge on any atom is -0.379 e. The molecule has 1 amide bonds. The molecule has 0 saturated carbocycles. The second-order valence-corrected chi connectivity index (χ2v) is 9.76. The molecular weight excluding hydrogens is 428 g/mol. The van der Waals surface area contributed by atoms with E-state index in [4.69, 9.17) is 4.74 Å². The largest absolute Gasteiger partial charge is 0.379 e. The summed E-state index contributed by atoms with van der Waals surface area (Å²) < 4.78 is 33.0. The maximum absolute atomic E-state index is 13.1. The van der Waals surface area contributed by atoms with Crippen LogP contribution >= 0.6 is 0 Å². The number of pyridine rings is 1. The minimum absolute atomic E-state index is 0.171. The van der Waals surface area contributed by atoms with Gasteiger partial charge in [0.25, 0.3) is 0 Å². The van der Waals surface area contributed by atoms with Gasteiger partial charge in [-0.25, -0.2) is 8.42 Å². The van der Waals surface area contributed by atoms with Crippen molar-refractivity contribution in [2.24, 2.45) is 0 Å². The second kappa shape index (κ2) is 10.2. The molecule has 1 N–H and O–H groups in total. The first-order valence-corrected chi connectivity index (χ1v) is 12.3. The van der Waals surface area contributed by atoms with E-state index >= 15 is 0 Å². The number of aromatic nitrogens is 1. The van der Waals surface area contributed by atoms with E-state index in [-0.39, 0.29) is 10.8 Å². The normalized spacial score (nSPS) is 18.1. The number of hydrogen-bond acceptors (Lipinski definition) is 6. The van der Waals surface area contributed by atoms with Gasteiger partial charge in [-0.05, 0) is 55.7 Å². The van der Waals surface area contributed by atoms with Crippen LogP contribution in [0.15, 0.2) is 53.6 Å². The summed E-state index contributed by atoms with van der Waals surface area (Å²) in [6.45, 7) is 3.17. The minimum atomic E-state index is -3.67. The van der Waals surface area contributed by atoms with Gasteiger partial charge in [0.2, 0.25) is 15.9 Å². The van der Waals surface area contributed by atoms with Crippen LogP contribution in [-0.2, 0) is 19.6 Å². The molecule has 3 heterocycles. The number of carbonyl (C=O) groups excluding carboxylic acids is 1. The summed E-state index contributed by atoms with van der Waals surface area (Å²) >= 11 is 0. The lowest BCUT2D eigenvalue weighted by Crippen LogP contribution is -2.40. The number of hydrogen-bond donors (Lipinski definition) is 1. The van der Waals surface area contributed by atoms with Crippen molar-refractivity contribution in [3.05, 3.63) is 54.4 Å². The van der Waals surface area contributed by atoms with Crippen molar-refractivity contribution in [2.75, 3.05) is 49.6 Å². The third-order valence-electron chi connectivity index (χ3n) is 5.62. The van der Waals surface area contributed by atoms with Crippen molar-refractivity contribution in [1.29, 1.82) is 0 Å². The van der Waals surface area contributed by atoms with Crippen LogP contribution in [0.25, 0.3) is 6.08 Å². The van der Waals surface area contributed by atoms with Crippen molar-refractivity contribution in [1.82, 2.24) is 9.29 Å². The molecular formula is C23H28N4O4S. The van der Waals surface area contributed by atoms with Gasteiger partial charge in [-0.1, -0.05) is 6.07 Å². The molecule has 0 aliphatic carbocycles. The lowest BCUT2D eigenvalue weighted by molar-refractivity contribution is -0.111. The molecule has 0 radical (unpaired) electrons. The van der Waals surface area contributed by atoms with Crippen LogP contribution in [0.4, 0.5) is 11.4 Å². The number of nitrogens with one attached hydrogen (secondary N) is 1. The zero-order valence-corrected chi connectivity index (χ0v) is 18.8. The van der Waals surface area contributed by atoms with Crippen molar-refractivity contribution in [2.45, 2.75) is 24.2 Å². The number of sulfonamides is 1. The molecule has 4 rings (SSSR count). The number of ether oxygens (including phenoxy) is 1. The third-order valence-corrected chi connectivity index (χ3v) is 7.52. The number of anilines is 2. The number of nitrogens with zero attached hydrogens (tertiary/aromatic N) is 3. The van der Waals surface area contributed by atoms with E-state index in [0.717, 1.165) is 31.6 Å². The SMILES string of the molecule is O=C(/C=C/c1ccccn1)Nc1cc(S(=O)(=O)N2CCOCC2)ccc1N1CCCCC1. The van der Waals surface area contributed by atoms with Crippen molar-refractivity contribution >= 4 is 33.4 Å². The zero-order valence-electron chi connectivity index (χ0n) is 17.9. The van der Waals surface area contributed by atoms with Crippen LogP contribution in [-0.4, -0.2) is 63.0 Å². The Kier molecular flexibility index (Phi) is 7.19. The summed E-state index contributed by atoms with van der Waals surface area (Å²) in [5, 5.41) is 2.89. The summed E-state index contributed by atoms with van der Waals surface area (Å²) in [5.74, 6) is -0.338. The van der Waals surface area contributed by atoms with Gasteiger partial charge < -0.3 is 15.0 Å². The number of rotatable bonds is 6. The van der Waals surface area contributed by atoms with Gasteiger partial charge in [0.1, 0.15) is 0 Å². The first kappa shape index (κ1) is 22.4. The van der Waals surface area contributed by atoms with Gasteiger partial charge in [0.15, 0.2) is 0 Å². The summed E-state index contributed by atoms with van der Waals surface area (Å²) in [4.78, 5) is 19.2. The Bertz CT molecular complexity index is 1060. The van der Waals surface area contributed by atoms with Crippen molar-refractivity contribution in [3.8, 4) is 0 Å². The van der Waals surface area contributed by atoms with Gasteiger partial charge in [0.05, 0.1) is 35.2 Å². The number of piperidine rings is 1. The van der Waals surface area contributed by atoms with Crippen LogP contribution in [0, 0.1) is 0 Å². The molecule has 0 spiro atoms. The second-order valence-electron chi connectivity index (χ2n) is 7.82. The standard InChI is InChI=1S/C23H28N4O4S/c28-23(10-7-19-6-2-3-11-24-19)25-21-18-20(32(29,30)27-14-16-31-17-15-27)8-9-22(21)26-12-4-1-5-13-26/h2-3,6-11,18H,1,4-5,12-17H2,(H,25,28)/b10-7+. The van der Waals surface area contributed by atoms with E-state index in [2.05, 4.69) is 15.2 Å². The molecule has 170 valence electrons. The van der Waals surface area contributed by atoms with Gasteiger partial charge in [0, 0.05) is 38.5 Å². The smallest absolute Gasteiger partial charge is 0.248 e. The van der Waals surface area contributed by atoms with Gasteiger partial charge in [-0.2, -0.15) is 4.31 Å². The van der Waals surface area contributed by atoms with E-state index in [1.54, 1.807) is 36.5 Å². The lowest BCUT2D eigenvalue weighted by Gasteiger charge is -2.31. The fraction of sp³-hybridized carbons (Fsp3) is 0.391. The van der Waals surface area contributed by atoms with E-state index in [0.29, 0.717) is 37.7 Å². The Labute approximate surface area is 188 Å². The Balaban J connectivity index is 1.61. The zero-order chi connectivity index (χ0) is 22.4. The Hall–Kier alpha value is -2.75. The fourth-order valence-corrected chi connectivity index (χ4v) is 5.37. The molecule has 9 heteroatoms. The molecule has 0 atom stereocenters. The topological polar surface area (TPSA) is 91.8 Å². The lowest BCUT2D eigenvalue weighted by atomic mass is 10.1. The van der Waals surface area contributed by atoms with Crippen molar-refractivity contribution in [3.63, 3.8) is 0 Å². The molecule has 2 fully saturated rings. The maximum Gasteiger partial charge on any atom is 0.248 e. The van der Waals surface area contributed by atoms with E-state index in [1.165, 1.54) is 16.8 Å². The highest BCUT2D eigenvalue weighted by Gasteiger charge is 2.28. The van der Waals surface area contributed by atoms with Crippen LogP contribution in [0.2, 0.25) is 0 Å². The molecule has 1 aromatic carbocycles. The quantitative estimate of drug-likeness (QED) is 0.672. The van der Waals surface area contributed by atoms with E-state index in [9.17, 15) is 13.2 Å². The molecule has 2 aliphatic heterocycles. The highest BCUT2D eigenvalue weighted by Crippen LogP contribution is 2.32. The van der Waals surface area contributed by atoms with Crippen molar-refractivity contribution < 1.29 is 17.9 Å². The Morgan fingerprint density at radius 3 is 2.53 bits per heavy atom. The van der Waals surface area contributed by atoms with Gasteiger partial charge in [-0.15, -0.1) is 0 Å². The molecule has 0 unspecified atom stereocenters. The average molecular weight is 457 g/mol. The molecule has 1 aromatic heterocycles. The number of amides is 1. The van der Waals surface area contributed by atoms with Crippen LogP contribution in [0.3, 0.4) is 0 Å². The molecule has 2 saturated heterocycles. The monoisotopic (exact) mass is 456 g/mol. The number of benzene rings is 1. The molecule has 8 nitrogen and oxygen atoms in total. The maximum atomic E-state index is 13.1. The predicted molar refractivity (Wildman–Crippen MR) is 124 cm³/mol. The van der Waals surface area contributed by atoms with Gasteiger partial charge >= 0.3 is 0 Å². The Morgan fingerprint density at radius 1 is 1.03 bits per heavy atom. The molecule has 2 aromatic rings. The van der Waals surface area contributed by atoms with Crippen LogP contribution < -0.4 is 10.2 Å². The first-order valence-electron chi connectivity index (χ1n) is 10.9. The third kappa shape index (κ3) is 5.35.